The summed E-state index contributed by atoms with van der Waals surface area (Å²) in [6.45, 7) is 1.93. The van der Waals surface area contributed by atoms with Crippen LogP contribution in [0.25, 0.3) is 0 Å². The van der Waals surface area contributed by atoms with Crippen LogP contribution in [-0.2, 0) is 6.42 Å². The van der Waals surface area contributed by atoms with Crippen LogP contribution in [0.5, 0.6) is 0 Å². The van der Waals surface area contributed by atoms with Crippen molar-refractivity contribution in [2.75, 3.05) is 5.32 Å². The smallest absolute Gasteiger partial charge is 0.147 e. The highest BCUT2D eigenvalue weighted by Gasteiger charge is 2.10. The molecule has 0 spiro atoms. The molecule has 0 aliphatic rings. The standard InChI is InChI=1S/C15H14BrF2N/c1-10(8-11-4-2-5-12(17)9-11)19-15-13(16)6-3-7-14(15)18/h2-7,9-10,19H,8H2,1H3. The number of hydrogen-bond donors (Lipinski definition) is 1. The zero-order valence-electron chi connectivity index (χ0n) is 10.5. The van der Waals surface area contributed by atoms with E-state index < -0.39 is 0 Å². The van der Waals surface area contributed by atoms with Gasteiger partial charge in [0.25, 0.3) is 0 Å². The molecule has 1 atom stereocenters. The van der Waals surface area contributed by atoms with E-state index >= 15 is 0 Å². The average molecular weight is 326 g/mol. The Labute approximate surface area is 119 Å². The number of anilines is 1. The van der Waals surface area contributed by atoms with E-state index in [2.05, 4.69) is 21.2 Å². The van der Waals surface area contributed by atoms with Crippen LogP contribution in [0.1, 0.15) is 12.5 Å². The van der Waals surface area contributed by atoms with Gasteiger partial charge in [0.15, 0.2) is 0 Å². The molecule has 0 saturated heterocycles. The van der Waals surface area contributed by atoms with Gasteiger partial charge in [0.2, 0.25) is 0 Å². The van der Waals surface area contributed by atoms with E-state index in [1.54, 1.807) is 18.2 Å². The summed E-state index contributed by atoms with van der Waals surface area (Å²) < 4.78 is 27.4. The van der Waals surface area contributed by atoms with Gasteiger partial charge in [-0.05, 0) is 59.1 Å². The quantitative estimate of drug-likeness (QED) is 0.853. The Morgan fingerprint density at radius 3 is 2.58 bits per heavy atom. The molecule has 0 aromatic heterocycles. The van der Waals surface area contributed by atoms with Gasteiger partial charge in [-0.2, -0.15) is 0 Å². The van der Waals surface area contributed by atoms with Gasteiger partial charge in [0, 0.05) is 10.5 Å². The zero-order valence-corrected chi connectivity index (χ0v) is 12.0. The number of halogens is 3. The minimum Gasteiger partial charge on any atom is -0.379 e. The van der Waals surface area contributed by atoms with Crippen LogP contribution in [0.15, 0.2) is 46.9 Å². The van der Waals surface area contributed by atoms with Gasteiger partial charge < -0.3 is 5.32 Å². The van der Waals surface area contributed by atoms with Gasteiger partial charge in [0.05, 0.1) is 5.69 Å². The molecular formula is C15H14BrF2N. The fourth-order valence-electron chi connectivity index (χ4n) is 1.95. The van der Waals surface area contributed by atoms with Crippen molar-refractivity contribution in [2.24, 2.45) is 0 Å². The molecule has 100 valence electrons. The van der Waals surface area contributed by atoms with Crippen LogP contribution >= 0.6 is 15.9 Å². The summed E-state index contributed by atoms with van der Waals surface area (Å²) in [5.74, 6) is -0.558. The Bertz CT molecular complexity index is 552. The van der Waals surface area contributed by atoms with Gasteiger partial charge in [-0.1, -0.05) is 18.2 Å². The molecule has 0 aliphatic heterocycles. The summed E-state index contributed by atoms with van der Waals surface area (Å²) in [5.41, 5.74) is 1.32. The minimum absolute atomic E-state index is 0.00463. The molecule has 0 fully saturated rings. The highest BCUT2D eigenvalue weighted by atomic mass is 79.9. The molecule has 0 amide bonds. The maximum Gasteiger partial charge on any atom is 0.147 e. The monoisotopic (exact) mass is 325 g/mol. The minimum atomic E-state index is -0.305. The van der Waals surface area contributed by atoms with Crippen molar-refractivity contribution in [1.29, 1.82) is 0 Å². The molecule has 0 bridgehead atoms. The van der Waals surface area contributed by atoms with Crippen LogP contribution in [0.2, 0.25) is 0 Å². The molecule has 0 saturated carbocycles. The van der Waals surface area contributed by atoms with E-state index in [0.29, 0.717) is 16.6 Å². The second-order valence-electron chi connectivity index (χ2n) is 4.48. The second kappa shape index (κ2) is 6.15. The first kappa shape index (κ1) is 14.0. The zero-order chi connectivity index (χ0) is 13.8. The molecular weight excluding hydrogens is 312 g/mol. The van der Waals surface area contributed by atoms with E-state index in [1.807, 2.05) is 13.0 Å². The summed E-state index contributed by atoms with van der Waals surface area (Å²) in [7, 11) is 0. The number of hydrogen-bond acceptors (Lipinski definition) is 1. The molecule has 1 N–H and O–H groups in total. The second-order valence-corrected chi connectivity index (χ2v) is 5.33. The largest absolute Gasteiger partial charge is 0.379 e. The van der Waals surface area contributed by atoms with E-state index in [-0.39, 0.29) is 17.7 Å². The molecule has 2 rings (SSSR count). The highest BCUT2D eigenvalue weighted by Crippen LogP contribution is 2.26. The van der Waals surface area contributed by atoms with Crippen molar-refractivity contribution in [3.63, 3.8) is 0 Å². The molecule has 1 unspecified atom stereocenters. The molecule has 0 aliphatic carbocycles. The predicted octanol–water partition coefficient (Wildman–Crippen LogP) is 4.77. The fraction of sp³-hybridized carbons (Fsp3) is 0.200. The van der Waals surface area contributed by atoms with E-state index in [9.17, 15) is 8.78 Å². The Morgan fingerprint density at radius 1 is 1.16 bits per heavy atom. The van der Waals surface area contributed by atoms with Gasteiger partial charge >= 0.3 is 0 Å². The molecule has 0 heterocycles. The van der Waals surface area contributed by atoms with Gasteiger partial charge in [-0.3, -0.25) is 0 Å². The van der Waals surface area contributed by atoms with Crippen molar-refractivity contribution in [1.82, 2.24) is 0 Å². The van der Waals surface area contributed by atoms with Crippen molar-refractivity contribution in [2.45, 2.75) is 19.4 Å². The third-order valence-corrected chi connectivity index (χ3v) is 3.45. The van der Waals surface area contributed by atoms with Gasteiger partial charge in [-0.15, -0.1) is 0 Å². The number of para-hydroxylation sites is 1. The first-order valence-corrected chi connectivity index (χ1v) is 6.80. The van der Waals surface area contributed by atoms with Crippen LogP contribution in [0.4, 0.5) is 14.5 Å². The first-order valence-electron chi connectivity index (χ1n) is 6.01. The molecule has 0 radical (unpaired) electrons. The van der Waals surface area contributed by atoms with Crippen LogP contribution in [0, 0.1) is 11.6 Å². The van der Waals surface area contributed by atoms with Crippen LogP contribution in [-0.4, -0.2) is 6.04 Å². The normalized spacial score (nSPS) is 12.2. The maximum absolute atomic E-state index is 13.7. The molecule has 4 heteroatoms. The van der Waals surface area contributed by atoms with E-state index in [1.165, 1.54) is 18.2 Å². The first-order chi connectivity index (χ1) is 9.06. The van der Waals surface area contributed by atoms with Crippen molar-refractivity contribution >= 4 is 21.6 Å². The summed E-state index contributed by atoms with van der Waals surface area (Å²) in [4.78, 5) is 0. The topological polar surface area (TPSA) is 12.0 Å². The SMILES string of the molecule is CC(Cc1cccc(F)c1)Nc1c(F)cccc1Br. The third kappa shape index (κ3) is 3.77. The lowest BCUT2D eigenvalue weighted by Gasteiger charge is -2.17. The lowest BCUT2D eigenvalue weighted by Crippen LogP contribution is -2.19. The van der Waals surface area contributed by atoms with Crippen LogP contribution in [0.3, 0.4) is 0 Å². The van der Waals surface area contributed by atoms with Crippen molar-refractivity contribution in [3.8, 4) is 0 Å². The molecule has 2 aromatic rings. The number of nitrogens with one attached hydrogen (secondary N) is 1. The lowest BCUT2D eigenvalue weighted by atomic mass is 10.1. The maximum atomic E-state index is 13.7. The average Bonchev–Trinajstić information content (AvgIpc) is 2.34. The number of benzene rings is 2. The summed E-state index contributed by atoms with van der Waals surface area (Å²) in [6, 6.07) is 11.3. The number of rotatable bonds is 4. The third-order valence-electron chi connectivity index (χ3n) is 2.78. The Balaban J connectivity index is 2.07. The fourth-order valence-corrected chi connectivity index (χ4v) is 2.41. The summed E-state index contributed by atoms with van der Waals surface area (Å²) in [6.07, 6.45) is 0.624. The van der Waals surface area contributed by atoms with Crippen molar-refractivity contribution < 1.29 is 8.78 Å². The summed E-state index contributed by atoms with van der Waals surface area (Å²) in [5, 5.41) is 3.10. The van der Waals surface area contributed by atoms with Crippen molar-refractivity contribution in [3.05, 3.63) is 64.1 Å². The van der Waals surface area contributed by atoms with Crippen LogP contribution < -0.4 is 5.32 Å². The Morgan fingerprint density at radius 2 is 1.89 bits per heavy atom. The van der Waals surface area contributed by atoms with E-state index in [4.69, 9.17) is 0 Å². The molecule has 1 nitrogen and oxygen atoms in total. The molecule has 2 aromatic carbocycles. The van der Waals surface area contributed by atoms with Gasteiger partial charge in [-0.25, -0.2) is 8.78 Å². The Kier molecular flexibility index (Phi) is 4.53. The predicted molar refractivity (Wildman–Crippen MR) is 77.3 cm³/mol. The Hall–Kier alpha value is -1.42. The lowest BCUT2D eigenvalue weighted by molar-refractivity contribution is 0.620. The summed E-state index contributed by atoms with van der Waals surface area (Å²) >= 11 is 3.31. The molecule has 19 heavy (non-hydrogen) atoms. The van der Waals surface area contributed by atoms with Gasteiger partial charge in [0.1, 0.15) is 11.6 Å². The van der Waals surface area contributed by atoms with E-state index in [0.717, 1.165) is 5.56 Å². The highest BCUT2D eigenvalue weighted by molar-refractivity contribution is 9.10.